The van der Waals surface area contributed by atoms with Crippen LogP contribution in [-0.4, -0.2) is 45.6 Å². The van der Waals surface area contributed by atoms with E-state index in [-0.39, 0.29) is 16.4 Å². The first-order chi connectivity index (χ1) is 12.1. The lowest BCUT2D eigenvalue weighted by molar-refractivity contribution is 0.190. The number of sulfonamides is 1. The average Bonchev–Trinajstić information content (AvgIpc) is 2.81. The summed E-state index contributed by atoms with van der Waals surface area (Å²) >= 11 is 5.76. The quantitative estimate of drug-likeness (QED) is 0.684. The van der Waals surface area contributed by atoms with Crippen molar-refractivity contribution in [1.82, 2.24) is 0 Å². The fourth-order valence-electron chi connectivity index (χ4n) is 2.64. The summed E-state index contributed by atoms with van der Waals surface area (Å²) in [5.74, 6) is -0.400. The molecule has 2 aromatic rings. The molecule has 1 aliphatic rings. The fourth-order valence-corrected chi connectivity index (χ4v) is 5.57. The van der Waals surface area contributed by atoms with Gasteiger partial charge in [0.15, 0.2) is 9.84 Å². The molecule has 1 fully saturated rings. The molecule has 0 bridgehead atoms. The lowest BCUT2D eigenvalue weighted by Gasteiger charge is -2.16. The minimum Gasteiger partial charge on any atom is -0.390 e. The molecule has 0 saturated carbocycles. The van der Waals surface area contributed by atoms with Crippen LogP contribution in [0.25, 0.3) is 0 Å². The largest absolute Gasteiger partial charge is 0.390 e. The zero-order valence-electron chi connectivity index (χ0n) is 13.5. The first-order valence-corrected chi connectivity index (χ1v) is 11.4. The molecule has 3 rings (SSSR count). The summed E-state index contributed by atoms with van der Waals surface area (Å²) in [6.45, 7) is 0. The van der Waals surface area contributed by atoms with E-state index in [9.17, 15) is 21.9 Å². The Morgan fingerprint density at radius 1 is 0.962 bits per heavy atom. The highest BCUT2D eigenvalue weighted by Crippen LogP contribution is 2.22. The molecule has 0 aliphatic carbocycles. The second-order valence-corrected chi connectivity index (χ2v) is 10.3. The highest BCUT2D eigenvalue weighted by atomic mass is 35.5. The number of benzene rings is 2. The highest BCUT2D eigenvalue weighted by Gasteiger charge is 2.36. The monoisotopic (exact) mass is 416 g/mol. The van der Waals surface area contributed by atoms with E-state index >= 15 is 0 Å². The molecule has 1 saturated heterocycles. The maximum Gasteiger partial charge on any atom is 0.261 e. The third-order valence-electron chi connectivity index (χ3n) is 3.94. The van der Waals surface area contributed by atoms with Gasteiger partial charge in [0, 0.05) is 16.4 Å². The summed E-state index contributed by atoms with van der Waals surface area (Å²) in [7, 11) is -6.98. The second kappa shape index (κ2) is 7.07. The number of anilines is 2. The van der Waals surface area contributed by atoms with E-state index in [2.05, 4.69) is 10.0 Å². The van der Waals surface area contributed by atoms with E-state index in [4.69, 9.17) is 11.6 Å². The lowest BCUT2D eigenvalue weighted by atomic mass is 10.2. The topological polar surface area (TPSA) is 113 Å². The third-order valence-corrected chi connectivity index (χ3v) is 7.30. The van der Waals surface area contributed by atoms with Crippen LogP contribution in [0.15, 0.2) is 53.4 Å². The van der Waals surface area contributed by atoms with Gasteiger partial charge in [-0.1, -0.05) is 11.6 Å². The third kappa shape index (κ3) is 4.47. The summed E-state index contributed by atoms with van der Waals surface area (Å²) < 4.78 is 50.1. The number of aliphatic hydroxyl groups is 1. The second-order valence-electron chi connectivity index (χ2n) is 6.03. The predicted molar refractivity (Wildman–Crippen MR) is 101 cm³/mol. The fraction of sp³-hybridized carbons (Fsp3) is 0.250. The molecule has 7 nitrogen and oxygen atoms in total. The van der Waals surface area contributed by atoms with E-state index in [1.54, 1.807) is 24.3 Å². The van der Waals surface area contributed by atoms with Crippen molar-refractivity contribution in [2.24, 2.45) is 0 Å². The zero-order valence-corrected chi connectivity index (χ0v) is 15.9. The van der Waals surface area contributed by atoms with Gasteiger partial charge in [0.05, 0.1) is 28.5 Å². The summed E-state index contributed by atoms with van der Waals surface area (Å²) in [4.78, 5) is 0.0865. The van der Waals surface area contributed by atoms with Crippen molar-refractivity contribution in [2.45, 2.75) is 17.0 Å². The van der Waals surface area contributed by atoms with E-state index in [1.165, 1.54) is 24.3 Å². The molecule has 140 valence electrons. The van der Waals surface area contributed by atoms with Crippen LogP contribution < -0.4 is 10.0 Å². The van der Waals surface area contributed by atoms with Gasteiger partial charge in [0.25, 0.3) is 10.0 Å². The number of hydrogen-bond donors (Lipinski definition) is 3. The molecule has 0 spiro atoms. The molecular weight excluding hydrogens is 400 g/mol. The molecule has 26 heavy (non-hydrogen) atoms. The van der Waals surface area contributed by atoms with E-state index in [0.29, 0.717) is 16.4 Å². The van der Waals surface area contributed by atoms with Crippen LogP contribution in [0.2, 0.25) is 5.02 Å². The van der Waals surface area contributed by atoms with Crippen LogP contribution in [0.1, 0.15) is 0 Å². The molecule has 3 N–H and O–H groups in total. The van der Waals surface area contributed by atoms with Gasteiger partial charge in [-0.3, -0.25) is 4.72 Å². The number of nitrogens with one attached hydrogen (secondary N) is 2. The van der Waals surface area contributed by atoms with Gasteiger partial charge in [-0.15, -0.1) is 0 Å². The maximum absolute atomic E-state index is 12.3. The minimum atomic E-state index is -3.74. The Labute approximate surface area is 157 Å². The highest BCUT2D eigenvalue weighted by molar-refractivity contribution is 7.92. The number of halogens is 1. The van der Waals surface area contributed by atoms with E-state index < -0.39 is 32.0 Å². The van der Waals surface area contributed by atoms with Gasteiger partial charge < -0.3 is 10.4 Å². The van der Waals surface area contributed by atoms with Crippen LogP contribution in [0.4, 0.5) is 11.4 Å². The minimum absolute atomic E-state index is 0.0865. The smallest absolute Gasteiger partial charge is 0.261 e. The van der Waals surface area contributed by atoms with Crippen molar-refractivity contribution in [2.75, 3.05) is 21.5 Å². The van der Waals surface area contributed by atoms with Crippen molar-refractivity contribution < 1.29 is 21.9 Å². The number of aliphatic hydroxyl groups excluding tert-OH is 1. The lowest BCUT2D eigenvalue weighted by Crippen LogP contribution is -2.31. The Hall–Kier alpha value is -1.81. The van der Waals surface area contributed by atoms with Gasteiger partial charge in [0.1, 0.15) is 0 Å². The van der Waals surface area contributed by atoms with Crippen molar-refractivity contribution in [3.8, 4) is 0 Å². The first-order valence-electron chi connectivity index (χ1n) is 7.68. The Kier molecular flexibility index (Phi) is 5.16. The van der Waals surface area contributed by atoms with Crippen molar-refractivity contribution in [3.63, 3.8) is 0 Å². The van der Waals surface area contributed by atoms with Crippen molar-refractivity contribution in [3.05, 3.63) is 53.6 Å². The number of rotatable bonds is 5. The Balaban J connectivity index is 1.69. The van der Waals surface area contributed by atoms with Gasteiger partial charge in [-0.2, -0.15) is 0 Å². The summed E-state index contributed by atoms with van der Waals surface area (Å²) in [6.07, 6.45) is -0.969. The molecule has 1 heterocycles. The standard InChI is InChI=1S/C16H17ClN2O5S2/c17-11-1-7-14(8-2-11)26(23,24)19-13-5-3-12(4-6-13)18-15-9-25(21,22)10-16(15)20/h1-8,15-16,18-20H,9-10H2/t15-,16-/m0/s1. The van der Waals surface area contributed by atoms with E-state index in [0.717, 1.165) is 0 Å². The summed E-state index contributed by atoms with van der Waals surface area (Å²) in [5.41, 5.74) is 0.936. The Bertz CT molecular complexity index is 990. The Morgan fingerprint density at radius 2 is 1.54 bits per heavy atom. The van der Waals surface area contributed by atoms with Crippen LogP contribution in [0.5, 0.6) is 0 Å². The molecule has 10 heteroatoms. The van der Waals surface area contributed by atoms with Crippen molar-refractivity contribution >= 4 is 42.8 Å². The Morgan fingerprint density at radius 3 is 2.08 bits per heavy atom. The molecular formula is C16H17ClN2O5S2. The average molecular weight is 417 g/mol. The molecule has 0 unspecified atom stereocenters. The normalized spacial score (nSPS) is 22.1. The van der Waals surface area contributed by atoms with Crippen LogP contribution >= 0.6 is 11.6 Å². The summed E-state index contributed by atoms with van der Waals surface area (Å²) in [5, 5.41) is 13.2. The van der Waals surface area contributed by atoms with Gasteiger partial charge in [0.2, 0.25) is 0 Å². The van der Waals surface area contributed by atoms with Crippen LogP contribution in [0, 0.1) is 0 Å². The molecule has 2 aromatic carbocycles. The maximum atomic E-state index is 12.3. The van der Waals surface area contributed by atoms with Crippen LogP contribution in [0.3, 0.4) is 0 Å². The molecule has 0 amide bonds. The predicted octanol–water partition coefficient (Wildman–Crippen LogP) is 1.71. The molecule has 0 aromatic heterocycles. The van der Waals surface area contributed by atoms with Gasteiger partial charge in [-0.05, 0) is 48.5 Å². The van der Waals surface area contributed by atoms with E-state index in [1.807, 2.05) is 0 Å². The molecule has 0 radical (unpaired) electrons. The first kappa shape index (κ1) is 19.0. The van der Waals surface area contributed by atoms with Gasteiger partial charge >= 0.3 is 0 Å². The zero-order chi connectivity index (χ0) is 18.9. The summed E-state index contributed by atoms with van der Waals surface area (Å²) in [6, 6.07) is 11.5. The number of sulfone groups is 1. The SMILES string of the molecule is O=S1(=O)C[C@H](Nc2ccc(NS(=O)(=O)c3ccc(Cl)cc3)cc2)[C@@H](O)C1. The molecule has 2 atom stereocenters. The molecule has 1 aliphatic heterocycles. The van der Waals surface area contributed by atoms with Gasteiger partial charge in [-0.25, -0.2) is 16.8 Å². The van der Waals surface area contributed by atoms with Crippen LogP contribution in [-0.2, 0) is 19.9 Å². The van der Waals surface area contributed by atoms with Crippen molar-refractivity contribution in [1.29, 1.82) is 0 Å². The number of hydrogen-bond acceptors (Lipinski definition) is 6.